The van der Waals surface area contributed by atoms with Crippen molar-refractivity contribution in [1.29, 1.82) is 0 Å². The van der Waals surface area contributed by atoms with Crippen LogP contribution in [-0.2, 0) is 18.3 Å². The van der Waals surface area contributed by atoms with Crippen molar-refractivity contribution in [3.05, 3.63) is 63.2 Å². The van der Waals surface area contributed by atoms with E-state index in [-0.39, 0.29) is 24.0 Å². The summed E-state index contributed by atoms with van der Waals surface area (Å²) >= 11 is 1.61. The molecule has 2 N–H and O–H groups in total. The minimum Gasteiger partial charge on any atom is -0.360 e. The summed E-state index contributed by atoms with van der Waals surface area (Å²) in [7, 11) is 0. The van der Waals surface area contributed by atoms with Gasteiger partial charge in [0, 0.05) is 17.6 Å². The number of nitrogens with one attached hydrogen (secondary N) is 2. The van der Waals surface area contributed by atoms with Crippen LogP contribution in [0.3, 0.4) is 0 Å². The molecule has 0 saturated heterocycles. The Morgan fingerprint density at radius 1 is 1.29 bits per heavy atom. The number of carbonyl (C=O) groups is 1. The highest BCUT2D eigenvalue weighted by molar-refractivity contribution is 7.11. The normalized spacial score (nSPS) is 17.7. The molecule has 1 atom stereocenters. The Kier molecular flexibility index (Phi) is 5.28. The number of aromatic nitrogens is 3. The number of benzene rings is 1. The van der Waals surface area contributed by atoms with E-state index < -0.39 is 11.7 Å². The molecule has 1 amide bonds. The van der Waals surface area contributed by atoms with Gasteiger partial charge in [-0.05, 0) is 44.9 Å². The number of thiazole rings is 1. The quantitative estimate of drug-likeness (QED) is 0.595. The lowest BCUT2D eigenvalue weighted by Crippen LogP contribution is -2.38. The zero-order chi connectivity index (χ0) is 22.4. The van der Waals surface area contributed by atoms with Gasteiger partial charge in [-0.1, -0.05) is 12.1 Å². The summed E-state index contributed by atoms with van der Waals surface area (Å²) in [5.41, 5.74) is -0.0792. The van der Waals surface area contributed by atoms with Gasteiger partial charge in [-0.15, -0.1) is 11.3 Å². The van der Waals surface area contributed by atoms with E-state index >= 15 is 0 Å². The molecule has 31 heavy (non-hydrogen) atoms. The maximum atomic E-state index is 12.8. The fourth-order valence-electron chi connectivity index (χ4n) is 3.69. The molecular formula is C21H22F3N5OS. The first-order valence-corrected chi connectivity index (χ1v) is 10.6. The molecule has 1 aromatic carbocycles. The highest BCUT2D eigenvalue weighted by Crippen LogP contribution is 2.40. The average molecular weight is 450 g/mol. The number of nitrogens with zero attached hydrogens (tertiary/aromatic N) is 3. The van der Waals surface area contributed by atoms with E-state index in [9.17, 15) is 18.0 Å². The lowest BCUT2D eigenvalue weighted by Gasteiger charge is -2.37. The van der Waals surface area contributed by atoms with Gasteiger partial charge in [-0.2, -0.15) is 18.3 Å². The highest BCUT2D eigenvalue weighted by Gasteiger charge is 2.37. The average Bonchev–Trinajstić information content (AvgIpc) is 3.32. The van der Waals surface area contributed by atoms with Crippen molar-refractivity contribution in [2.24, 2.45) is 0 Å². The number of rotatable bonds is 4. The van der Waals surface area contributed by atoms with Gasteiger partial charge in [0.25, 0.3) is 5.91 Å². The number of aryl methyl sites for hydroxylation is 1. The van der Waals surface area contributed by atoms with Crippen LogP contribution in [0.2, 0.25) is 0 Å². The van der Waals surface area contributed by atoms with Gasteiger partial charge in [0.15, 0.2) is 0 Å². The Hall–Kier alpha value is -2.88. The molecule has 3 heterocycles. The number of amides is 1. The molecule has 10 heteroatoms. The SMILES string of the molecule is Cc1cnc(C2CC(C)(C)n3ncc(C(=O)NCc4ccc(C(F)(F)F)cc4)c3N2)s1. The first-order valence-electron chi connectivity index (χ1n) is 9.76. The molecule has 1 aliphatic heterocycles. The molecule has 0 fully saturated rings. The largest absolute Gasteiger partial charge is 0.416 e. The number of hydrogen-bond donors (Lipinski definition) is 2. The molecular weight excluding hydrogens is 427 g/mol. The molecule has 2 aromatic heterocycles. The van der Waals surface area contributed by atoms with Gasteiger partial charge in [0.1, 0.15) is 16.4 Å². The maximum Gasteiger partial charge on any atom is 0.416 e. The number of anilines is 1. The molecule has 4 rings (SSSR count). The fraction of sp³-hybridized carbons (Fsp3) is 0.381. The standard InChI is InChI=1S/C21H22F3N5OS/c1-12-9-26-19(31-12)16-8-20(2,3)29-17(28-16)15(11-27-29)18(30)25-10-13-4-6-14(7-5-13)21(22,23)24/h4-7,9,11,16,28H,8,10H2,1-3H3,(H,25,30). The lowest BCUT2D eigenvalue weighted by atomic mass is 9.93. The van der Waals surface area contributed by atoms with Gasteiger partial charge in [0.2, 0.25) is 0 Å². The van der Waals surface area contributed by atoms with Gasteiger partial charge in [0.05, 0.1) is 23.3 Å². The number of hydrogen-bond acceptors (Lipinski definition) is 5. The minimum absolute atomic E-state index is 0.0423. The van der Waals surface area contributed by atoms with E-state index in [1.54, 1.807) is 16.0 Å². The Bertz CT molecular complexity index is 1100. The van der Waals surface area contributed by atoms with Crippen molar-refractivity contribution in [2.45, 2.75) is 51.5 Å². The van der Waals surface area contributed by atoms with Crippen LogP contribution < -0.4 is 10.6 Å². The van der Waals surface area contributed by atoms with Crippen LogP contribution in [0.15, 0.2) is 36.7 Å². The summed E-state index contributed by atoms with van der Waals surface area (Å²) in [5.74, 6) is 0.263. The number of fused-ring (bicyclic) bond motifs is 1. The van der Waals surface area contributed by atoms with E-state index in [1.165, 1.54) is 18.3 Å². The Balaban J connectivity index is 1.51. The first kappa shape index (κ1) is 21.4. The fourth-order valence-corrected chi connectivity index (χ4v) is 4.51. The van der Waals surface area contributed by atoms with Crippen LogP contribution in [0.25, 0.3) is 0 Å². The van der Waals surface area contributed by atoms with Crippen molar-refractivity contribution in [2.75, 3.05) is 5.32 Å². The predicted octanol–water partition coefficient (Wildman–Crippen LogP) is 4.89. The number of carbonyl (C=O) groups excluding carboxylic acids is 1. The monoisotopic (exact) mass is 449 g/mol. The summed E-state index contributed by atoms with van der Waals surface area (Å²) in [6.07, 6.45) is -0.273. The van der Waals surface area contributed by atoms with Crippen molar-refractivity contribution in [3.63, 3.8) is 0 Å². The van der Waals surface area contributed by atoms with E-state index in [0.717, 1.165) is 28.4 Å². The molecule has 1 aliphatic rings. The third kappa shape index (κ3) is 4.30. The Labute approximate surface area is 181 Å². The second-order valence-corrected chi connectivity index (χ2v) is 9.48. The first-order chi connectivity index (χ1) is 14.5. The molecule has 0 radical (unpaired) electrons. The number of alkyl halides is 3. The molecule has 0 aliphatic carbocycles. The lowest BCUT2D eigenvalue weighted by molar-refractivity contribution is -0.137. The zero-order valence-corrected chi connectivity index (χ0v) is 18.1. The second-order valence-electron chi connectivity index (χ2n) is 8.22. The predicted molar refractivity (Wildman–Crippen MR) is 112 cm³/mol. The van der Waals surface area contributed by atoms with Gasteiger partial charge in [-0.25, -0.2) is 9.67 Å². The van der Waals surface area contributed by atoms with Crippen LogP contribution in [0.5, 0.6) is 0 Å². The highest BCUT2D eigenvalue weighted by atomic mass is 32.1. The zero-order valence-electron chi connectivity index (χ0n) is 17.2. The Morgan fingerprint density at radius 3 is 2.61 bits per heavy atom. The van der Waals surface area contributed by atoms with Crippen LogP contribution in [-0.4, -0.2) is 20.7 Å². The van der Waals surface area contributed by atoms with Crippen LogP contribution >= 0.6 is 11.3 Å². The summed E-state index contributed by atoms with van der Waals surface area (Å²) in [4.78, 5) is 18.4. The third-order valence-electron chi connectivity index (χ3n) is 5.27. The van der Waals surface area contributed by atoms with Crippen LogP contribution in [0.1, 0.15) is 57.7 Å². The maximum absolute atomic E-state index is 12.8. The van der Waals surface area contributed by atoms with E-state index in [4.69, 9.17) is 0 Å². The van der Waals surface area contributed by atoms with Gasteiger partial charge < -0.3 is 10.6 Å². The summed E-state index contributed by atoms with van der Waals surface area (Å²) < 4.78 is 39.9. The third-order valence-corrected chi connectivity index (χ3v) is 6.30. The van der Waals surface area contributed by atoms with Crippen LogP contribution in [0, 0.1) is 6.92 Å². The van der Waals surface area contributed by atoms with E-state index in [0.29, 0.717) is 16.9 Å². The van der Waals surface area contributed by atoms with Gasteiger partial charge in [-0.3, -0.25) is 4.79 Å². The van der Waals surface area contributed by atoms with Crippen LogP contribution in [0.4, 0.5) is 19.0 Å². The van der Waals surface area contributed by atoms with E-state index in [1.807, 2.05) is 13.1 Å². The topological polar surface area (TPSA) is 71.8 Å². The summed E-state index contributed by atoms with van der Waals surface area (Å²) in [5, 5.41) is 11.5. The molecule has 0 spiro atoms. The smallest absolute Gasteiger partial charge is 0.360 e. The summed E-state index contributed by atoms with van der Waals surface area (Å²) in [6.45, 7) is 6.23. The van der Waals surface area contributed by atoms with Crippen molar-refractivity contribution in [1.82, 2.24) is 20.1 Å². The molecule has 1 unspecified atom stereocenters. The van der Waals surface area contributed by atoms with Crippen molar-refractivity contribution >= 4 is 23.1 Å². The Morgan fingerprint density at radius 2 is 2.00 bits per heavy atom. The molecule has 0 saturated carbocycles. The van der Waals surface area contributed by atoms with E-state index in [2.05, 4.69) is 34.6 Å². The summed E-state index contributed by atoms with van der Waals surface area (Å²) in [6, 6.07) is 4.69. The molecule has 164 valence electrons. The second kappa shape index (κ2) is 7.67. The van der Waals surface area contributed by atoms with Gasteiger partial charge >= 0.3 is 6.18 Å². The molecule has 0 bridgehead atoms. The van der Waals surface area contributed by atoms with Crippen molar-refractivity contribution in [3.8, 4) is 0 Å². The molecule has 6 nitrogen and oxygen atoms in total. The minimum atomic E-state index is -4.38. The molecule has 3 aromatic rings. The van der Waals surface area contributed by atoms with Crippen molar-refractivity contribution < 1.29 is 18.0 Å². The number of halogens is 3.